The molecule has 16 heteroatoms. The van der Waals surface area contributed by atoms with E-state index in [1.54, 1.807) is 86.8 Å². The number of hydrogen-bond donors (Lipinski definition) is 3. The lowest BCUT2D eigenvalue weighted by molar-refractivity contribution is 0.0427. The molecule has 0 aliphatic heterocycles. The molecule has 51 heavy (non-hydrogen) atoms. The van der Waals surface area contributed by atoms with Gasteiger partial charge in [0.05, 0.1) is 40.6 Å². The SMILES string of the molecule is CCOC(=O)c1c(N(C(=O)OC(C)(C)C)C(=O)OC(C)(C)C)n(-c2c(C)ccc3[nH]ncc23)c(=O)c2c(N)c(C)c(Nc3ncc(C)cn3)nc12. The highest BCUT2D eigenvalue weighted by Crippen LogP contribution is 2.38. The normalized spacial score (nSPS) is 11.8. The number of ether oxygens (including phenoxy) is 3. The summed E-state index contributed by atoms with van der Waals surface area (Å²) < 4.78 is 18.0. The van der Waals surface area contributed by atoms with Crippen LogP contribution in [-0.4, -0.2) is 65.7 Å². The summed E-state index contributed by atoms with van der Waals surface area (Å²) in [5.41, 5.74) is 5.29. The molecule has 0 saturated carbocycles. The molecule has 0 bridgehead atoms. The molecule has 0 fully saturated rings. The van der Waals surface area contributed by atoms with E-state index in [1.807, 2.05) is 6.92 Å². The van der Waals surface area contributed by atoms with Crippen LogP contribution in [-0.2, 0) is 14.2 Å². The van der Waals surface area contributed by atoms with Crippen molar-refractivity contribution < 1.29 is 28.6 Å². The molecular formula is C35H41N9O7. The highest BCUT2D eigenvalue weighted by atomic mass is 16.6. The fourth-order valence-corrected chi connectivity index (χ4v) is 5.28. The molecule has 0 saturated heterocycles. The van der Waals surface area contributed by atoms with Crippen LogP contribution in [0.5, 0.6) is 0 Å². The number of aryl methyl sites for hydroxylation is 2. The number of nitrogen functional groups attached to an aromatic ring is 1. The molecule has 0 atom stereocenters. The van der Waals surface area contributed by atoms with Gasteiger partial charge in [0.1, 0.15) is 22.6 Å². The van der Waals surface area contributed by atoms with E-state index in [1.165, 1.54) is 6.20 Å². The van der Waals surface area contributed by atoms with Crippen molar-refractivity contribution >= 4 is 63.2 Å². The first-order valence-electron chi connectivity index (χ1n) is 16.1. The molecule has 16 nitrogen and oxygen atoms in total. The molecule has 1 aromatic carbocycles. The van der Waals surface area contributed by atoms with Crippen molar-refractivity contribution in [3.63, 3.8) is 0 Å². The van der Waals surface area contributed by atoms with E-state index in [4.69, 9.17) is 24.9 Å². The number of fused-ring (bicyclic) bond motifs is 2. The summed E-state index contributed by atoms with van der Waals surface area (Å²) in [6.07, 6.45) is 2.19. The van der Waals surface area contributed by atoms with Crippen molar-refractivity contribution in [3.05, 3.63) is 63.3 Å². The van der Waals surface area contributed by atoms with E-state index in [-0.39, 0.29) is 40.7 Å². The maximum atomic E-state index is 15.1. The van der Waals surface area contributed by atoms with Gasteiger partial charge in [-0.1, -0.05) is 6.07 Å². The zero-order chi connectivity index (χ0) is 37.6. The number of amides is 2. The second-order valence-electron chi connectivity index (χ2n) is 13.8. The van der Waals surface area contributed by atoms with Crippen LogP contribution in [0.3, 0.4) is 0 Å². The summed E-state index contributed by atoms with van der Waals surface area (Å²) in [7, 11) is 0. The molecule has 4 heterocycles. The van der Waals surface area contributed by atoms with Crippen LogP contribution in [0.15, 0.2) is 35.5 Å². The van der Waals surface area contributed by atoms with Gasteiger partial charge < -0.3 is 25.3 Å². The third kappa shape index (κ3) is 7.15. The van der Waals surface area contributed by atoms with Crippen LogP contribution >= 0.6 is 0 Å². The van der Waals surface area contributed by atoms with Gasteiger partial charge in [-0.25, -0.2) is 29.3 Å². The van der Waals surface area contributed by atoms with Crippen LogP contribution in [0.4, 0.5) is 32.9 Å². The Bertz CT molecular complexity index is 2220. The maximum absolute atomic E-state index is 15.1. The zero-order valence-corrected chi connectivity index (χ0v) is 30.2. The second-order valence-corrected chi connectivity index (χ2v) is 13.8. The number of aromatic nitrogens is 6. The van der Waals surface area contributed by atoms with Crippen molar-refractivity contribution in [2.24, 2.45) is 0 Å². The first-order valence-corrected chi connectivity index (χ1v) is 16.1. The molecule has 4 N–H and O–H groups in total. The Morgan fingerprint density at radius 2 is 1.57 bits per heavy atom. The summed E-state index contributed by atoms with van der Waals surface area (Å²) in [5.74, 6) is -1.30. The van der Waals surface area contributed by atoms with Gasteiger partial charge in [0, 0.05) is 23.3 Å². The minimum Gasteiger partial charge on any atom is -0.462 e. The topological polar surface area (TPSA) is 210 Å². The van der Waals surface area contributed by atoms with E-state index < -0.39 is 46.3 Å². The first kappa shape index (κ1) is 36.2. The number of carbonyl (C=O) groups is 3. The number of nitrogens with one attached hydrogen (secondary N) is 2. The molecule has 0 unspecified atom stereocenters. The first-order chi connectivity index (χ1) is 23.8. The number of H-pyrrole nitrogens is 1. The predicted molar refractivity (Wildman–Crippen MR) is 192 cm³/mol. The molecule has 0 spiro atoms. The Labute approximate surface area is 293 Å². The summed E-state index contributed by atoms with van der Waals surface area (Å²) >= 11 is 0. The summed E-state index contributed by atoms with van der Waals surface area (Å²) in [5, 5.41) is 10.3. The number of carbonyl (C=O) groups excluding carboxylic acids is 3. The molecule has 2 amide bonds. The number of hydrogen-bond acceptors (Lipinski definition) is 13. The smallest absolute Gasteiger partial charge is 0.425 e. The van der Waals surface area contributed by atoms with Crippen molar-refractivity contribution in [2.75, 3.05) is 22.6 Å². The average molecular weight is 700 g/mol. The third-order valence-corrected chi connectivity index (χ3v) is 7.45. The Kier molecular flexibility index (Phi) is 9.47. The Balaban J connectivity index is 2.04. The van der Waals surface area contributed by atoms with Crippen LogP contribution in [0.25, 0.3) is 27.5 Å². The lowest BCUT2D eigenvalue weighted by atomic mass is 10.0. The minimum atomic E-state index is -1.24. The van der Waals surface area contributed by atoms with Crippen LogP contribution in [0.2, 0.25) is 0 Å². The third-order valence-electron chi connectivity index (χ3n) is 7.45. The average Bonchev–Trinajstić information content (AvgIpc) is 3.49. The molecule has 4 aromatic heterocycles. The van der Waals surface area contributed by atoms with Gasteiger partial charge >= 0.3 is 18.2 Å². The van der Waals surface area contributed by atoms with Crippen LogP contribution in [0, 0.1) is 20.8 Å². The van der Waals surface area contributed by atoms with Gasteiger partial charge in [-0.05, 0) is 86.4 Å². The number of rotatable bonds is 6. The molecule has 0 aliphatic carbocycles. The van der Waals surface area contributed by atoms with Crippen molar-refractivity contribution in [2.45, 2.75) is 80.4 Å². The number of nitrogens with two attached hydrogens (primary N) is 1. The lowest BCUT2D eigenvalue weighted by Gasteiger charge is -2.31. The fraction of sp³-hybridized carbons (Fsp3) is 0.371. The molecular weight excluding hydrogens is 658 g/mol. The highest BCUT2D eigenvalue weighted by molar-refractivity contribution is 6.18. The fourth-order valence-electron chi connectivity index (χ4n) is 5.28. The van der Waals surface area contributed by atoms with E-state index >= 15 is 4.79 Å². The standard InChI is InChI=1S/C35H41N9O7/c1-11-49-30(46)23-25-22(24(36)19(4)27(40-25)41-31-37-14-17(2)15-38-31)29(45)43(26-18(3)12-13-21-20(26)16-39-42-21)28(23)44(32(47)50-34(5,6)7)33(48)51-35(8,9)10/h12-16H,11H2,1-10H3,(H,39,42)(H3,36,37,38,40,41). The number of esters is 1. The van der Waals surface area contributed by atoms with Crippen molar-refractivity contribution in [1.82, 2.24) is 29.7 Å². The Hall–Kier alpha value is -6.06. The second kappa shape index (κ2) is 13.3. The van der Waals surface area contributed by atoms with E-state index in [2.05, 4.69) is 25.5 Å². The monoisotopic (exact) mass is 699 g/mol. The number of nitrogens with zero attached hydrogens (tertiary/aromatic N) is 6. The summed E-state index contributed by atoms with van der Waals surface area (Å²) in [4.78, 5) is 71.6. The number of imide groups is 1. The largest absolute Gasteiger partial charge is 0.462 e. The van der Waals surface area contributed by atoms with E-state index in [0.717, 1.165) is 10.1 Å². The number of aromatic amines is 1. The maximum Gasteiger partial charge on any atom is 0.425 e. The zero-order valence-electron chi connectivity index (χ0n) is 30.2. The number of pyridine rings is 2. The van der Waals surface area contributed by atoms with Crippen molar-refractivity contribution in [3.8, 4) is 5.69 Å². The Morgan fingerprint density at radius 3 is 2.14 bits per heavy atom. The minimum absolute atomic E-state index is 0.0384. The lowest BCUT2D eigenvalue weighted by Crippen LogP contribution is -2.47. The van der Waals surface area contributed by atoms with Gasteiger partial charge in [0.15, 0.2) is 5.82 Å². The Morgan fingerprint density at radius 1 is 0.961 bits per heavy atom. The van der Waals surface area contributed by atoms with Gasteiger partial charge in [-0.2, -0.15) is 10.00 Å². The quantitative estimate of drug-likeness (QED) is 0.134. The van der Waals surface area contributed by atoms with Crippen molar-refractivity contribution in [1.29, 1.82) is 0 Å². The number of anilines is 4. The highest BCUT2D eigenvalue weighted by Gasteiger charge is 2.41. The van der Waals surface area contributed by atoms with E-state index in [0.29, 0.717) is 26.9 Å². The van der Waals surface area contributed by atoms with Gasteiger partial charge in [0.25, 0.3) is 5.56 Å². The summed E-state index contributed by atoms with van der Waals surface area (Å²) in [6, 6.07) is 3.47. The van der Waals surface area contributed by atoms with Crippen LogP contribution in [0.1, 0.15) is 75.5 Å². The van der Waals surface area contributed by atoms with Gasteiger partial charge in [-0.3, -0.25) is 14.5 Å². The summed E-state index contributed by atoms with van der Waals surface area (Å²) in [6.45, 7) is 16.3. The van der Waals surface area contributed by atoms with E-state index in [9.17, 15) is 14.4 Å². The molecule has 0 radical (unpaired) electrons. The molecule has 0 aliphatic rings. The molecule has 5 rings (SSSR count). The number of benzene rings is 1. The molecule has 5 aromatic rings. The van der Waals surface area contributed by atoms with Crippen LogP contribution < -0.4 is 21.5 Å². The van der Waals surface area contributed by atoms with Gasteiger partial charge in [-0.15, -0.1) is 0 Å². The molecule has 268 valence electrons. The van der Waals surface area contributed by atoms with Gasteiger partial charge in [0.2, 0.25) is 5.95 Å². The predicted octanol–water partition coefficient (Wildman–Crippen LogP) is 6.16.